The molecule has 0 aliphatic heterocycles. The maximum atomic E-state index is 11.9. The molecule has 5 nitrogen and oxygen atoms in total. The molecule has 0 saturated heterocycles. The van der Waals surface area contributed by atoms with Crippen LogP contribution < -0.4 is 16.0 Å². The fourth-order valence-corrected chi connectivity index (χ4v) is 4.49. The van der Waals surface area contributed by atoms with E-state index in [0.29, 0.717) is 22.8 Å². The number of pyridine rings is 1. The molecule has 2 aromatic rings. The quantitative estimate of drug-likeness (QED) is 0.737. The average molecular weight is 393 g/mol. The van der Waals surface area contributed by atoms with Gasteiger partial charge in [0.25, 0.3) is 5.56 Å². The monoisotopic (exact) mass is 392 g/mol. The number of ether oxygens (including phenoxy) is 2. The molecule has 1 atom stereocenters. The normalized spacial score (nSPS) is 24.1. The smallest absolute Gasteiger partial charge is 0.255 e. The number of H-pyrrole nitrogens is 1. The summed E-state index contributed by atoms with van der Waals surface area (Å²) in [5.74, 6) is 0.646. The van der Waals surface area contributed by atoms with Crippen molar-refractivity contribution < 1.29 is 9.47 Å². The van der Waals surface area contributed by atoms with E-state index in [2.05, 4.69) is 11.9 Å². The molecule has 0 bridgehead atoms. The second-order valence-corrected chi connectivity index (χ2v) is 8.00. The summed E-state index contributed by atoms with van der Waals surface area (Å²) in [6, 6.07) is 5.56. The molecule has 1 unspecified atom stereocenters. The van der Waals surface area contributed by atoms with Crippen LogP contribution >= 0.6 is 11.6 Å². The first-order chi connectivity index (χ1) is 13.0. The number of aromatic amines is 1. The summed E-state index contributed by atoms with van der Waals surface area (Å²) in [7, 11) is 1.72. The SMILES string of the molecule is CCC1(C(N)CCOC)CCC(Oc2cc3cc[nH]c(=O)c3cc2Cl)CC1. The summed E-state index contributed by atoms with van der Waals surface area (Å²) < 4.78 is 11.4. The van der Waals surface area contributed by atoms with Crippen molar-refractivity contribution in [3.63, 3.8) is 0 Å². The molecule has 3 rings (SSSR count). The third kappa shape index (κ3) is 4.31. The number of hydrogen-bond acceptors (Lipinski definition) is 4. The van der Waals surface area contributed by atoms with E-state index < -0.39 is 0 Å². The molecule has 1 aromatic carbocycles. The Morgan fingerprint density at radius 2 is 2.11 bits per heavy atom. The van der Waals surface area contributed by atoms with E-state index >= 15 is 0 Å². The maximum Gasteiger partial charge on any atom is 0.255 e. The Labute approximate surface area is 165 Å². The Bertz CT molecular complexity index is 828. The van der Waals surface area contributed by atoms with Gasteiger partial charge in [0.2, 0.25) is 0 Å². The number of fused-ring (bicyclic) bond motifs is 1. The van der Waals surface area contributed by atoms with E-state index in [9.17, 15) is 4.79 Å². The molecule has 0 radical (unpaired) electrons. The lowest BCUT2D eigenvalue weighted by molar-refractivity contribution is 0.0479. The lowest BCUT2D eigenvalue weighted by Crippen LogP contribution is -2.46. The summed E-state index contributed by atoms with van der Waals surface area (Å²) in [5.41, 5.74) is 6.53. The van der Waals surface area contributed by atoms with Crippen LogP contribution in [0.1, 0.15) is 45.4 Å². The molecule has 27 heavy (non-hydrogen) atoms. The minimum Gasteiger partial charge on any atom is -0.489 e. The van der Waals surface area contributed by atoms with Crippen molar-refractivity contribution in [3.8, 4) is 5.75 Å². The fourth-order valence-electron chi connectivity index (χ4n) is 4.28. The van der Waals surface area contributed by atoms with E-state index in [1.54, 1.807) is 19.4 Å². The molecule has 6 heteroatoms. The highest BCUT2D eigenvalue weighted by Gasteiger charge is 2.39. The van der Waals surface area contributed by atoms with Crippen LogP contribution in [0.15, 0.2) is 29.2 Å². The van der Waals surface area contributed by atoms with Crippen molar-refractivity contribution in [2.75, 3.05) is 13.7 Å². The van der Waals surface area contributed by atoms with E-state index in [0.717, 1.165) is 43.9 Å². The highest BCUT2D eigenvalue weighted by molar-refractivity contribution is 6.32. The Morgan fingerprint density at radius 3 is 2.78 bits per heavy atom. The molecule has 1 aliphatic carbocycles. The predicted octanol–water partition coefficient (Wildman–Crippen LogP) is 4.26. The van der Waals surface area contributed by atoms with Gasteiger partial charge in [-0.2, -0.15) is 0 Å². The third-order valence-electron chi connectivity index (χ3n) is 6.17. The van der Waals surface area contributed by atoms with Gasteiger partial charge in [0.15, 0.2) is 0 Å². The number of rotatable bonds is 7. The highest BCUT2D eigenvalue weighted by Crippen LogP contribution is 2.44. The maximum absolute atomic E-state index is 11.9. The second kappa shape index (κ2) is 8.63. The summed E-state index contributed by atoms with van der Waals surface area (Å²) in [4.78, 5) is 14.6. The molecule has 148 valence electrons. The topological polar surface area (TPSA) is 77.3 Å². The minimum atomic E-state index is -0.142. The number of hydrogen-bond donors (Lipinski definition) is 2. The number of halogens is 1. The summed E-state index contributed by atoms with van der Waals surface area (Å²) in [6.07, 6.45) is 7.73. The van der Waals surface area contributed by atoms with Gasteiger partial charge in [0.1, 0.15) is 5.75 Å². The molecule has 1 aliphatic rings. The first-order valence-corrected chi connectivity index (χ1v) is 10.1. The molecule has 3 N–H and O–H groups in total. The Hall–Kier alpha value is -1.56. The zero-order valence-electron chi connectivity index (χ0n) is 16.1. The van der Waals surface area contributed by atoms with Crippen LogP contribution in [0.4, 0.5) is 0 Å². The average Bonchev–Trinajstić information content (AvgIpc) is 2.68. The highest BCUT2D eigenvalue weighted by atomic mass is 35.5. The molecule has 0 amide bonds. The zero-order chi connectivity index (χ0) is 19.4. The van der Waals surface area contributed by atoms with Crippen LogP contribution in [-0.4, -0.2) is 30.8 Å². The van der Waals surface area contributed by atoms with Crippen LogP contribution in [0, 0.1) is 5.41 Å². The van der Waals surface area contributed by atoms with Gasteiger partial charge in [-0.1, -0.05) is 18.5 Å². The van der Waals surface area contributed by atoms with Crippen LogP contribution in [0.5, 0.6) is 5.75 Å². The van der Waals surface area contributed by atoms with Crippen LogP contribution in [-0.2, 0) is 4.74 Å². The van der Waals surface area contributed by atoms with Gasteiger partial charge < -0.3 is 20.2 Å². The first kappa shape index (κ1) is 20.2. The molecule has 1 saturated carbocycles. The predicted molar refractivity (Wildman–Crippen MR) is 110 cm³/mol. The summed E-state index contributed by atoms with van der Waals surface area (Å²) >= 11 is 6.37. The number of benzene rings is 1. The standard InChI is InChI=1S/C21H29ClN2O3/c1-3-21(19(23)7-11-26-2)8-4-15(5-9-21)27-18-12-14-6-10-24-20(25)16(14)13-17(18)22/h6,10,12-13,15,19H,3-5,7-9,11,23H2,1-2H3,(H,24,25). The zero-order valence-corrected chi connectivity index (χ0v) is 16.8. The van der Waals surface area contributed by atoms with Crippen LogP contribution in [0.2, 0.25) is 5.02 Å². The second-order valence-electron chi connectivity index (χ2n) is 7.60. The third-order valence-corrected chi connectivity index (χ3v) is 6.47. The van der Waals surface area contributed by atoms with Gasteiger partial charge in [-0.05, 0) is 67.5 Å². The van der Waals surface area contributed by atoms with E-state index in [1.165, 1.54) is 0 Å². The Morgan fingerprint density at radius 1 is 1.37 bits per heavy atom. The molecule has 0 spiro atoms. The van der Waals surface area contributed by atoms with Crippen molar-refractivity contribution >= 4 is 22.4 Å². The lowest BCUT2D eigenvalue weighted by atomic mass is 9.66. The summed E-state index contributed by atoms with van der Waals surface area (Å²) in [6.45, 7) is 2.93. The van der Waals surface area contributed by atoms with Crippen molar-refractivity contribution in [2.24, 2.45) is 11.1 Å². The van der Waals surface area contributed by atoms with Gasteiger partial charge in [-0.3, -0.25) is 4.79 Å². The number of nitrogens with one attached hydrogen (secondary N) is 1. The number of nitrogens with two attached hydrogens (primary N) is 1. The lowest BCUT2D eigenvalue weighted by Gasteiger charge is -2.43. The van der Waals surface area contributed by atoms with Gasteiger partial charge in [0, 0.05) is 31.3 Å². The van der Waals surface area contributed by atoms with Crippen LogP contribution in [0.25, 0.3) is 10.8 Å². The first-order valence-electron chi connectivity index (χ1n) is 9.71. The summed E-state index contributed by atoms with van der Waals surface area (Å²) in [5, 5.41) is 1.88. The molecule has 1 fully saturated rings. The van der Waals surface area contributed by atoms with Gasteiger partial charge in [-0.15, -0.1) is 0 Å². The van der Waals surface area contributed by atoms with Crippen molar-refractivity contribution in [1.82, 2.24) is 4.98 Å². The van der Waals surface area contributed by atoms with E-state index in [4.69, 9.17) is 26.8 Å². The minimum absolute atomic E-state index is 0.122. The fraction of sp³-hybridized carbons (Fsp3) is 0.571. The van der Waals surface area contributed by atoms with E-state index in [-0.39, 0.29) is 23.1 Å². The van der Waals surface area contributed by atoms with Crippen molar-refractivity contribution in [2.45, 2.75) is 57.6 Å². The molecular formula is C21H29ClN2O3. The molecule has 1 heterocycles. The molecular weight excluding hydrogens is 364 g/mol. The number of aromatic nitrogens is 1. The van der Waals surface area contributed by atoms with Gasteiger partial charge in [-0.25, -0.2) is 0 Å². The van der Waals surface area contributed by atoms with E-state index in [1.807, 2.05) is 12.1 Å². The van der Waals surface area contributed by atoms with Gasteiger partial charge >= 0.3 is 0 Å². The van der Waals surface area contributed by atoms with Crippen molar-refractivity contribution in [3.05, 3.63) is 39.8 Å². The van der Waals surface area contributed by atoms with Gasteiger partial charge in [0.05, 0.1) is 11.1 Å². The Balaban J connectivity index is 1.69. The molecule has 1 aromatic heterocycles. The number of methoxy groups -OCH3 is 1. The Kier molecular flexibility index (Phi) is 6.45. The van der Waals surface area contributed by atoms with Crippen LogP contribution in [0.3, 0.4) is 0 Å². The largest absolute Gasteiger partial charge is 0.489 e. The van der Waals surface area contributed by atoms with Crippen molar-refractivity contribution in [1.29, 1.82) is 0 Å².